The molecule has 0 saturated heterocycles. The van der Waals surface area contributed by atoms with Crippen molar-refractivity contribution >= 4 is 11.6 Å². The van der Waals surface area contributed by atoms with E-state index in [1.807, 2.05) is 18.2 Å². The van der Waals surface area contributed by atoms with Gasteiger partial charge in [-0.25, -0.2) is 0 Å². The number of hydrogen-bond acceptors (Lipinski definition) is 4. The minimum absolute atomic E-state index is 0.0717. The van der Waals surface area contributed by atoms with E-state index in [0.29, 0.717) is 11.6 Å². The van der Waals surface area contributed by atoms with Gasteiger partial charge in [-0.3, -0.25) is 0 Å². The first-order chi connectivity index (χ1) is 7.67. The second-order valence-corrected chi connectivity index (χ2v) is 3.43. The van der Waals surface area contributed by atoms with Crippen molar-refractivity contribution in [2.24, 2.45) is 5.73 Å². The summed E-state index contributed by atoms with van der Waals surface area (Å²) in [5.41, 5.74) is 6.19. The molecule has 1 aromatic rings. The predicted octanol–water partition coefficient (Wildman–Crippen LogP) is 1.65. The molecule has 0 fully saturated rings. The van der Waals surface area contributed by atoms with Crippen LogP contribution in [-0.4, -0.2) is 0 Å². The van der Waals surface area contributed by atoms with Crippen LogP contribution in [0.15, 0.2) is 35.7 Å². The standard InChI is InChI=1S/C11H9ClN4/c12-9-3-1-2-8(4-9)7-16-11(6-14)10(15)5-13/h1-4,16H,7,15H2/b11-10-. The van der Waals surface area contributed by atoms with Crippen LogP contribution in [0.4, 0.5) is 0 Å². The van der Waals surface area contributed by atoms with Gasteiger partial charge in [0.25, 0.3) is 0 Å². The van der Waals surface area contributed by atoms with E-state index in [-0.39, 0.29) is 11.4 Å². The summed E-state index contributed by atoms with van der Waals surface area (Å²) in [5, 5.41) is 20.7. The number of allylic oxidation sites excluding steroid dienone is 2. The molecule has 0 aromatic heterocycles. The Hall–Kier alpha value is -2.17. The van der Waals surface area contributed by atoms with Gasteiger partial charge < -0.3 is 11.1 Å². The van der Waals surface area contributed by atoms with Crippen LogP contribution in [0.2, 0.25) is 5.02 Å². The number of halogens is 1. The van der Waals surface area contributed by atoms with E-state index in [0.717, 1.165) is 5.56 Å². The van der Waals surface area contributed by atoms with E-state index in [9.17, 15) is 0 Å². The van der Waals surface area contributed by atoms with Crippen LogP contribution in [0, 0.1) is 22.7 Å². The van der Waals surface area contributed by atoms with Crippen molar-refractivity contribution in [3.63, 3.8) is 0 Å². The van der Waals surface area contributed by atoms with Gasteiger partial charge in [0, 0.05) is 11.6 Å². The summed E-state index contributed by atoms with van der Waals surface area (Å²) in [6, 6.07) is 10.7. The molecule has 0 aliphatic carbocycles. The summed E-state index contributed by atoms with van der Waals surface area (Å²) >= 11 is 5.80. The highest BCUT2D eigenvalue weighted by Crippen LogP contribution is 2.10. The van der Waals surface area contributed by atoms with Gasteiger partial charge in [-0.15, -0.1) is 0 Å². The van der Waals surface area contributed by atoms with Crippen molar-refractivity contribution in [1.29, 1.82) is 10.5 Å². The first kappa shape index (κ1) is 11.9. The number of benzene rings is 1. The maximum Gasteiger partial charge on any atom is 0.148 e. The molecule has 1 rings (SSSR count). The highest BCUT2D eigenvalue weighted by atomic mass is 35.5. The Morgan fingerprint density at radius 3 is 2.69 bits per heavy atom. The van der Waals surface area contributed by atoms with E-state index >= 15 is 0 Å². The zero-order valence-corrected chi connectivity index (χ0v) is 9.12. The lowest BCUT2D eigenvalue weighted by molar-refractivity contribution is 0.827. The lowest BCUT2D eigenvalue weighted by Gasteiger charge is -2.05. The Bertz CT molecular complexity index is 493. The molecule has 5 heteroatoms. The van der Waals surface area contributed by atoms with Gasteiger partial charge in [-0.05, 0) is 17.7 Å². The van der Waals surface area contributed by atoms with E-state index < -0.39 is 0 Å². The fraction of sp³-hybridized carbons (Fsp3) is 0.0909. The number of nitrogens with two attached hydrogens (primary N) is 1. The van der Waals surface area contributed by atoms with Crippen LogP contribution < -0.4 is 11.1 Å². The van der Waals surface area contributed by atoms with Gasteiger partial charge in [-0.1, -0.05) is 23.7 Å². The molecule has 80 valence electrons. The molecule has 0 aliphatic heterocycles. The van der Waals surface area contributed by atoms with Crippen LogP contribution in [0.25, 0.3) is 0 Å². The van der Waals surface area contributed by atoms with Gasteiger partial charge in [-0.2, -0.15) is 10.5 Å². The topological polar surface area (TPSA) is 85.6 Å². The largest absolute Gasteiger partial charge is 0.388 e. The first-order valence-electron chi connectivity index (χ1n) is 4.45. The molecule has 0 spiro atoms. The SMILES string of the molecule is N#C/C(N)=C(\C#N)NCc1cccc(Cl)c1. The van der Waals surface area contributed by atoms with Gasteiger partial charge in [0.05, 0.1) is 0 Å². The maximum atomic E-state index is 8.73. The Kier molecular flexibility index (Phi) is 4.20. The summed E-state index contributed by atoms with van der Waals surface area (Å²) < 4.78 is 0. The molecule has 4 nitrogen and oxygen atoms in total. The third-order valence-electron chi connectivity index (χ3n) is 1.86. The van der Waals surface area contributed by atoms with Crippen molar-refractivity contribution in [2.75, 3.05) is 0 Å². The number of nitriles is 2. The second-order valence-electron chi connectivity index (χ2n) is 3.00. The van der Waals surface area contributed by atoms with Crippen LogP contribution in [0.1, 0.15) is 5.56 Å². The minimum Gasteiger partial charge on any atom is -0.388 e. The molecule has 0 aliphatic rings. The van der Waals surface area contributed by atoms with Gasteiger partial charge in [0.15, 0.2) is 0 Å². The van der Waals surface area contributed by atoms with Crippen LogP contribution in [0.5, 0.6) is 0 Å². The van der Waals surface area contributed by atoms with E-state index in [1.165, 1.54) is 0 Å². The van der Waals surface area contributed by atoms with E-state index in [2.05, 4.69) is 5.32 Å². The van der Waals surface area contributed by atoms with Crippen molar-refractivity contribution < 1.29 is 0 Å². The molecule has 0 amide bonds. The fourth-order valence-electron chi connectivity index (χ4n) is 1.09. The van der Waals surface area contributed by atoms with Gasteiger partial charge >= 0.3 is 0 Å². The molecule has 1 aromatic carbocycles. The third kappa shape index (κ3) is 3.20. The molecular weight excluding hydrogens is 224 g/mol. The smallest absolute Gasteiger partial charge is 0.148 e. The highest BCUT2D eigenvalue weighted by molar-refractivity contribution is 6.30. The highest BCUT2D eigenvalue weighted by Gasteiger charge is 2.01. The lowest BCUT2D eigenvalue weighted by atomic mass is 10.2. The van der Waals surface area contributed by atoms with Gasteiger partial charge in [0.2, 0.25) is 0 Å². The van der Waals surface area contributed by atoms with Crippen molar-refractivity contribution in [2.45, 2.75) is 6.54 Å². The van der Waals surface area contributed by atoms with Crippen LogP contribution in [-0.2, 0) is 6.54 Å². The van der Waals surface area contributed by atoms with Gasteiger partial charge in [0.1, 0.15) is 23.5 Å². The monoisotopic (exact) mass is 232 g/mol. The summed E-state index contributed by atoms with van der Waals surface area (Å²) in [7, 11) is 0. The number of nitrogens with one attached hydrogen (secondary N) is 1. The molecule has 0 heterocycles. The summed E-state index contributed by atoms with van der Waals surface area (Å²) in [6.45, 7) is 0.395. The summed E-state index contributed by atoms with van der Waals surface area (Å²) in [4.78, 5) is 0. The maximum absolute atomic E-state index is 8.73. The molecule has 0 radical (unpaired) electrons. The summed E-state index contributed by atoms with van der Waals surface area (Å²) in [5.74, 6) is 0. The van der Waals surface area contributed by atoms with Crippen molar-refractivity contribution in [3.05, 3.63) is 46.2 Å². The average Bonchev–Trinajstić information content (AvgIpc) is 2.29. The normalized spacial score (nSPS) is 10.9. The Morgan fingerprint density at radius 2 is 2.12 bits per heavy atom. The van der Waals surface area contributed by atoms with Crippen molar-refractivity contribution in [1.82, 2.24) is 5.32 Å². The third-order valence-corrected chi connectivity index (χ3v) is 2.10. The molecule has 16 heavy (non-hydrogen) atoms. The molecule has 0 saturated carbocycles. The fourth-order valence-corrected chi connectivity index (χ4v) is 1.30. The average molecular weight is 233 g/mol. The number of rotatable bonds is 3. The number of nitrogens with zero attached hydrogens (tertiary/aromatic N) is 2. The Morgan fingerprint density at radius 1 is 1.38 bits per heavy atom. The minimum atomic E-state index is -0.121. The Labute approximate surface area is 98.5 Å². The van der Waals surface area contributed by atoms with Crippen molar-refractivity contribution in [3.8, 4) is 12.1 Å². The van der Waals surface area contributed by atoms with E-state index in [1.54, 1.807) is 18.2 Å². The number of hydrogen-bond donors (Lipinski definition) is 2. The first-order valence-corrected chi connectivity index (χ1v) is 4.83. The quantitative estimate of drug-likeness (QED) is 0.776. The Balaban J connectivity index is 2.73. The molecule has 0 bridgehead atoms. The molecule has 0 atom stereocenters. The molecule has 3 N–H and O–H groups in total. The molecule has 0 unspecified atom stereocenters. The van der Waals surface area contributed by atoms with E-state index in [4.69, 9.17) is 27.9 Å². The predicted molar refractivity (Wildman–Crippen MR) is 60.7 cm³/mol. The van der Waals surface area contributed by atoms with Crippen LogP contribution >= 0.6 is 11.6 Å². The molecular formula is C11H9ClN4. The lowest BCUT2D eigenvalue weighted by Crippen LogP contribution is -2.16. The zero-order valence-electron chi connectivity index (χ0n) is 8.37. The summed E-state index contributed by atoms with van der Waals surface area (Å²) in [6.07, 6.45) is 0. The second kappa shape index (κ2) is 5.65. The van der Waals surface area contributed by atoms with Crippen LogP contribution in [0.3, 0.4) is 0 Å². The zero-order chi connectivity index (χ0) is 12.0.